The minimum Gasteiger partial charge on any atom is -0.494 e. The largest absolute Gasteiger partial charge is 0.494 e. The zero-order valence-electron chi connectivity index (χ0n) is 9.34. The summed E-state index contributed by atoms with van der Waals surface area (Å²) in [5.74, 6) is -0.877. The monoisotopic (exact) mass is 240 g/mol. The molecule has 1 atom stereocenters. The van der Waals surface area contributed by atoms with E-state index < -0.39 is 16.9 Å². The molecule has 0 unspecified atom stereocenters. The molecule has 1 aromatic carbocycles. The van der Waals surface area contributed by atoms with Crippen molar-refractivity contribution < 1.29 is 19.6 Å². The van der Waals surface area contributed by atoms with Gasteiger partial charge in [-0.25, -0.2) is 0 Å². The number of nitro benzene ring substituents is 1. The number of methoxy groups -OCH3 is 1. The van der Waals surface area contributed by atoms with Crippen LogP contribution < -0.4 is 10.1 Å². The van der Waals surface area contributed by atoms with Crippen molar-refractivity contribution in [2.45, 2.75) is 13.0 Å². The van der Waals surface area contributed by atoms with Crippen LogP contribution in [0.5, 0.6) is 5.75 Å². The van der Waals surface area contributed by atoms with Crippen molar-refractivity contribution in [2.75, 3.05) is 12.4 Å². The molecule has 0 amide bonds. The first-order chi connectivity index (χ1) is 7.97. The maximum Gasteiger partial charge on any atom is 0.325 e. The number of carboxylic acids is 1. The molecule has 7 nitrogen and oxygen atoms in total. The molecule has 0 aliphatic heterocycles. The Kier molecular flexibility index (Phi) is 3.86. The van der Waals surface area contributed by atoms with Crippen molar-refractivity contribution in [3.63, 3.8) is 0 Å². The second-order valence-corrected chi connectivity index (χ2v) is 3.32. The highest BCUT2D eigenvalue weighted by Gasteiger charge is 2.22. The van der Waals surface area contributed by atoms with Gasteiger partial charge in [-0.3, -0.25) is 14.9 Å². The topological polar surface area (TPSA) is 102 Å². The van der Waals surface area contributed by atoms with Gasteiger partial charge in [0.15, 0.2) is 5.69 Å². The summed E-state index contributed by atoms with van der Waals surface area (Å²) < 4.78 is 4.96. The Bertz CT molecular complexity index is 446. The van der Waals surface area contributed by atoms with Gasteiger partial charge < -0.3 is 15.2 Å². The lowest BCUT2D eigenvalue weighted by atomic mass is 10.2. The van der Waals surface area contributed by atoms with E-state index in [1.54, 1.807) is 0 Å². The highest BCUT2D eigenvalue weighted by molar-refractivity contribution is 5.80. The zero-order chi connectivity index (χ0) is 13.0. The number of carbonyl (C=O) groups is 1. The number of nitro groups is 1. The van der Waals surface area contributed by atoms with Crippen LogP contribution in [-0.2, 0) is 4.79 Å². The molecule has 0 aliphatic carbocycles. The third kappa shape index (κ3) is 2.83. The van der Waals surface area contributed by atoms with Crippen LogP contribution in [0.3, 0.4) is 0 Å². The van der Waals surface area contributed by atoms with Gasteiger partial charge in [-0.15, -0.1) is 0 Å². The van der Waals surface area contributed by atoms with Gasteiger partial charge in [-0.1, -0.05) is 6.07 Å². The average Bonchev–Trinajstić information content (AvgIpc) is 2.28. The van der Waals surface area contributed by atoms with Gasteiger partial charge in [0, 0.05) is 6.07 Å². The number of nitrogens with one attached hydrogen (secondary N) is 1. The van der Waals surface area contributed by atoms with Gasteiger partial charge in [0.25, 0.3) is 5.69 Å². The maximum atomic E-state index is 10.8. The molecule has 1 rings (SSSR count). The van der Waals surface area contributed by atoms with E-state index in [1.165, 1.54) is 32.2 Å². The molecule has 0 aliphatic rings. The second kappa shape index (κ2) is 5.15. The average molecular weight is 240 g/mol. The molecule has 0 bridgehead atoms. The maximum absolute atomic E-state index is 10.8. The van der Waals surface area contributed by atoms with Gasteiger partial charge in [0.05, 0.1) is 12.0 Å². The van der Waals surface area contributed by atoms with Crippen molar-refractivity contribution in [1.82, 2.24) is 0 Å². The molecule has 17 heavy (non-hydrogen) atoms. The summed E-state index contributed by atoms with van der Waals surface area (Å²) in [6, 6.07) is 3.31. The van der Waals surface area contributed by atoms with Gasteiger partial charge in [0.2, 0.25) is 0 Å². The van der Waals surface area contributed by atoms with E-state index in [2.05, 4.69) is 5.32 Å². The highest BCUT2D eigenvalue weighted by atomic mass is 16.6. The summed E-state index contributed by atoms with van der Waals surface area (Å²) in [4.78, 5) is 20.9. The highest BCUT2D eigenvalue weighted by Crippen LogP contribution is 2.34. The number of ether oxygens (including phenoxy) is 1. The molecule has 1 aromatic rings. The Hall–Kier alpha value is -2.31. The second-order valence-electron chi connectivity index (χ2n) is 3.32. The quantitative estimate of drug-likeness (QED) is 0.597. The predicted octanol–water partition coefficient (Wildman–Crippen LogP) is 1.49. The Balaban J connectivity index is 3.18. The first kappa shape index (κ1) is 12.8. The number of para-hydroxylation sites is 1. The molecular weight excluding hydrogens is 228 g/mol. The fourth-order valence-electron chi connectivity index (χ4n) is 1.27. The van der Waals surface area contributed by atoms with Gasteiger partial charge in [0.1, 0.15) is 11.8 Å². The van der Waals surface area contributed by atoms with Crippen LogP contribution in [0, 0.1) is 10.1 Å². The lowest BCUT2D eigenvalue weighted by Gasteiger charge is -2.14. The van der Waals surface area contributed by atoms with E-state index in [9.17, 15) is 14.9 Å². The molecule has 0 saturated heterocycles. The van der Waals surface area contributed by atoms with E-state index in [1.807, 2.05) is 0 Å². The minimum absolute atomic E-state index is 0.0647. The van der Waals surface area contributed by atoms with Crippen LogP contribution in [0.2, 0.25) is 0 Å². The SMILES string of the molecule is COc1cccc([N+](=O)[O-])c1N[C@H](C)C(=O)O. The van der Waals surface area contributed by atoms with E-state index in [0.717, 1.165) is 0 Å². The third-order valence-corrected chi connectivity index (χ3v) is 2.15. The van der Waals surface area contributed by atoms with Crippen molar-refractivity contribution in [3.8, 4) is 5.75 Å². The lowest BCUT2D eigenvalue weighted by molar-refractivity contribution is -0.384. The molecule has 0 aromatic heterocycles. The number of hydrogen-bond acceptors (Lipinski definition) is 5. The fraction of sp³-hybridized carbons (Fsp3) is 0.300. The summed E-state index contributed by atoms with van der Waals surface area (Å²) in [6.45, 7) is 1.39. The lowest BCUT2D eigenvalue weighted by Crippen LogP contribution is -2.26. The summed E-state index contributed by atoms with van der Waals surface area (Å²) in [7, 11) is 1.36. The standard InChI is InChI=1S/C10H12N2O5/c1-6(10(13)14)11-9-7(12(15)16)4-3-5-8(9)17-2/h3-6,11H,1-2H3,(H,13,14)/t6-/m1/s1. The van der Waals surface area contributed by atoms with Crippen molar-refractivity contribution >= 4 is 17.3 Å². The van der Waals surface area contributed by atoms with Crippen LogP contribution in [0.25, 0.3) is 0 Å². The zero-order valence-corrected chi connectivity index (χ0v) is 9.34. The predicted molar refractivity (Wildman–Crippen MR) is 60.4 cm³/mol. The molecule has 0 spiro atoms. The first-order valence-corrected chi connectivity index (χ1v) is 4.78. The van der Waals surface area contributed by atoms with Crippen molar-refractivity contribution in [3.05, 3.63) is 28.3 Å². The summed E-state index contributed by atoms with van der Waals surface area (Å²) in [6.07, 6.45) is 0. The molecule has 92 valence electrons. The molecule has 2 N–H and O–H groups in total. The number of nitrogens with zero attached hydrogens (tertiary/aromatic N) is 1. The molecule has 7 heteroatoms. The summed E-state index contributed by atoms with van der Waals surface area (Å²) in [5, 5.41) is 22.1. The van der Waals surface area contributed by atoms with Gasteiger partial charge >= 0.3 is 5.97 Å². The Morgan fingerprint density at radius 1 is 1.59 bits per heavy atom. The molecule has 0 saturated carbocycles. The van der Waals surface area contributed by atoms with Crippen LogP contribution in [0.15, 0.2) is 18.2 Å². The van der Waals surface area contributed by atoms with Crippen LogP contribution in [0.1, 0.15) is 6.92 Å². The Morgan fingerprint density at radius 2 is 2.24 bits per heavy atom. The van der Waals surface area contributed by atoms with Crippen LogP contribution >= 0.6 is 0 Å². The molecular formula is C10H12N2O5. The van der Waals surface area contributed by atoms with Crippen molar-refractivity contribution in [1.29, 1.82) is 0 Å². The number of anilines is 1. The molecule has 0 fully saturated rings. The van der Waals surface area contributed by atoms with Gasteiger partial charge in [-0.05, 0) is 13.0 Å². The van der Waals surface area contributed by atoms with Crippen molar-refractivity contribution in [2.24, 2.45) is 0 Å². The Labute approximate surface area is 97.2 Å². The van der Waals surface area contributed by atoms with Gasteiger partial charge in [-0.2, -0.15) is 0 Å². The first-order valence-electron chi connectivity index (χ1n) is 4.78. The normalized spacial score (nSPS) is 11.6. The molecule has 0 heterocycles. The molecule has 0 radical (unpaired) electrons. The Morgan fingerprint density at radius 3 is 2.71 bits per heavy atom. The number of rotatable bonds is 5. The smallest absolute Gasteiger partial charge is 0.325 e. The number of benzene rings is 1. The van der Waals surface area contributed by atoms with Crippen LogP contribution in [-0.4, -0.2) is 29.2 Å². The summed E-state index contributed by atoms with van der Waals surface area (Å²) >= 11 is 0. The van der Waals surface area contributed by atoms with E-state index in [0.29, 0.717) is 0 Å². The number of hydrogen-bond donors (Lipinski definition) is 2. The van der Waals surface area contributed by atoms with E-state index in [-0.39, 0.29) is 17.1 Å². The van der Waals surface area contributed by atoms with Crippen LogP contribution in [0.4, 0.5) is 11.4 Å². The number of aliphatic carboxylic acids is 1. The van der Waals surface area contributed by atoms with E-state index in [4.69, 9.17) is 9.84 Å². The third-order valence-electron chi connectivity index (χ3n) is 2.15. The fourth-order valence-corrected chi connectivity index (χ4v) is 1.27. The summed E-state index contributed by atoms with van der Waals surface area (Å²) in [5.41, 5.74) is -0.160. The number of carboxylic acid groups (broad SMARTS) is 1. The minimum atomic E-state index is -1.11. The van der Waals surface area contributed by atoms with E-state index >= 15 is 0 Å².